The van der Waals surface area contributed by atoms with Gasteiger partial charge < -0.3 is 14.3 Å². The van der Waals surface area contributed by atoms with Crippen LogP contribution in [0.1, 0.15) is 13.3 Å². The molecule has 1 unspecified atom stereocenters. The Hall–Kier alpha value is 0.0969. The van der Waals surface area contributed by atoms with E-state index in [-0.39, 0.29) is 0 Å². The molecule has 0 saturated heterocycles. The zero-order chi connectivity index (χ0) is 11.0. The molecule has 0 fully saturated rings. The summed E-state index contributed by atoms with van der Waals surface area (Å²) < 4.78 is 10.9. The van der Waals surface area contributed by atoms with Gasteiger partial charge in [0.15, 0.2) is 8.32 Å². The first-order valence-electron chi connectivity index (χ1n) is 5.21. The Morgan fingerprint density at radius 2 is 2.07 bits per heavy atom. The van der Waals surface area contributed by atoms with E-state index >= 15 is 0 Å². The molecule has 0 aromatic heterocycles. The monoisotopic (exact) mass is 219 g/mol. The molecule has 3 nitrogen and oxygen atoms in total. The van der Waals surface area contributed by atoms with Crippen molar-refractivity contribution in [2.45, 2.75) is 38.6 Å². The quantitative estimate of drug-likeness (QED) is 0.500. The molecule has 0 spiro atoms. The largest absolute Gasteiger partial charge is 0.418 e. The molecule has 0 aromatic carbocycles. The highest BCUT2D eigenvalue weighted by Gasteiger charge is 2.20. The minimum atomic E-state index is -1.44. The number of aliphatic hydroxyl groups is 1. The van der Waals surface area contributed by atoms with Crippen molar-refractivity contribution in [2.75, 3.05) is 19.8 Å². The lowest BCUT2D eigenvalue weighted by Gasteiger charge is -2.21. The molecule has 1 N–H and O–H groups in total. The second kappa shape index (κ2) is 7.40. The normalized spacial score (nSPS) is 14.4. The van der Waals surface area contributed by atoms with Gasteiger partial charge in [0.2, 0.25) is 0 Å². The lowest BCUT2D eigenvalue weighted by molar-refractivity contribution is 0.0583. The number of ether oxygens (including phenoxy) is 1. The van der Waals surface area contributed by atoms with Crippen molar-refractivity contribution in [1.29, 1.82) is 0 Å². The molecule has 4 heteroatoms. The molecule has 0 aliphatic heterocycles. The van der Waals surface area contributed by atoms with Gasteiger partial charge in [-0.3, -0.25) is 0 Å². The van der Waals surface area contributed by atoms with Crippen LogP contribution in [0.2, 0.25) is 19.1 Å². The van der Waals surface area contributed by atoms with E-state index in [1.807, 2.05) is 6.92 Å². The SMILES string of the molecule is [CH2]C(O)COCCC[Si](C)(C)OCC. The van der Waals surface area contributed by atoms with E-state index < -0.39 is 14.4 Å². The third-order valence-corrected chi connectivity index (χ3v) is 4.54. The molecule has 0 bridgehead atoms. The summed E-state index contributed by atoms with van der Waals surface area (Å²) >= 11 is 0. The number of aliphatic hydroxyl groups excluding tert-OH is 1. The Bertz CT molecular complexity index is 137. The van der Waals surface area contributed by atoms with Crippen LogP contribution in [-0.2, 0) is 9.16 Å². The van der Waals surface area contributed by atoms with Crippen LogP contribution in [0.5, 0.6) is 0 Å². The lowest BCUT2D eigenvalue weighted by atomic mass is 10.4. The van der Waals surface area contributed by atoms with Crippen molar-refractivity contribution in [3.8, 4) is 0 Å². The van der Waals surface area contributed by atoms with E-state index in [0.717, 1.165) is 19.1 Å². The highest BCUT2D eigenvalue weighted by atomic mass is 28.4. The number of hydrogen-bond acceptors (Lipinski definition) is 3. The van der Waals surface area contributed by atoms with Gasteiger partial charge in [-0.1, -0.05) is 0 Å². The van der Waals surface area contributed by atoms with Gasteiger partial charge in [0.05, 0.1) is 12.7 Å². The van der Waals surface area contributed by atoms with E-state index in [9.17, 15) is 0 Å². The fourth-order valence-corrected chi connectivity index (χ4v) is 3.20. The van der Waals surface area contributed by atoms with Crippen LogP contribution in [-0.4, -0.2) is 39.3 Å². The lowest BCUT2D eigenvalue weighted by Crippen LogP contribution is -2.30. The van der Waals surface area contributed by atoms with Crippen molar-refractivity contribution < 1.29 is 14.3 Å². The van der Waals surface area contributed by atoms with Crippen LogP contribution in [0, 0.1) is 6.92 Å². The van der Waals surface area contributed by atoms with Crippen LogP contribution < -0.4 is 0 Å². The molecule has 0 aliphatic carbocycles. The van der Waals surface area contributed by atoms with Crippen molar-refractivity contribution >= 4 is 8.32 Å². The molecule has 0 heterocycles. The number of rotatable bonds is 8. The van der Waals surface area contributed by atoms with Gasteiger partial charge in [0.1, 0.15) is 0 Å². The Morgan fingerprint density at radius 3 is 2.57 bits per heavy atom. The third kappa shape index (κ3) is 8.68. The molecule has 1 radical (unpaired) electrons. The maximum atomic E-state index is 8.84. The fourth-order valence-electron chi connectivity index (χ4n) is 1.28. The van der Waals surface area contributed by atoms with E-state index in [0.29, 0.717) is 13.2 Å². The average Bonchev–Trinajstić information content (AvgIpc) is 2.02. The Balaban J connectivity index is 3.34. The van der Waals surface area contributed by atoms with Crippen molar-refractivity contribution in [1.82, 2.24) is 0 Å². The third-order valence-electron chi connectivity index (χ3n) is 1.91. The van der Waals surface area contributed by atoms with E-state index in [2.05, 4.69) is 20.0 Å². The van der Waals surface area contributed by atoms with Gasteiger partial charge in [-0.15, -0.1) is 0 Å². The summed E-state index contributed by atoms with van der Waals surface area (Å²) in [6, 6.07) is 1.11. The molecule has 85 valence electrons. The second-order valence-electron chi connectivity index (χ2n) is 4.02. The first-order chi connectivity index (χ1) is 6.48. The zero-order valence-corrected chi connectivity index (χ0v) is 10.6. The first-order valence-corrected chi connectivity index (χ1v) is 8.32. The zero-order valence-electron chi connectivity index (χ0n) is 9.58. The summed E-state index contributed by atoms with van der Waals surface area (Å²) in [5, 5.41) is 8.84. The predicted molar refractivity (Wildman–Crippen MR) is 60.7 cm³/mol. The maximum absolute atomic E-state index is 8.84. The summed E-state index contributed by atoms with van der Waals surface area (Å²) in [5.74, 6) is 0. The summed E-state index contributed by atoms with van der Waals surface area (Å²) in [6.07, 6.45) is 0.401. The van der Waals surface area contributed by atoms with Crippen LogP contribution in [0.25, 0.3) is 0 Å². The van der Waals surface area contributed by atoms with Crippen LogP contribution in [0.3, 0.4) is 0 Å². The molecular formula is C10H23O3Si. The predicted octanol–water partition coefficient (Wildman–Crippen LogP) is 1.83. The molecule has 14 heavy (non-hydrogen) atoms. The Kier molecular flexibility index (Phi) is 7.45. The van der Waals surface area contributed by atoms with Crippen LogP contribution in [0.4, 0.5) is 0 Å². The fraction of sp³-hybridized carbons (Fsp3) is 0.900. The minimum Gasteiger partial charge on any atom is -0.418 e. The topological polar surface area (TPSA) is 38.7 Å². The minimum absolute atomic E-state index is 0.330. The highest BCUT2D eigenvalue weighted by molar-refractivity contribution is 6.71. The molecule has 0 aliphatic rings. The van der Waals surface area contributed by atoms with E-state index in [4.69, 9.17) is 14.3 Å². The van der Waals surface area contributed by atoms with Crippen LogP contribution in [0.15, 0.2) is 0 Å². The van der Waals surface area contributed by atoms with Crippen molar-refractivity contribution in [3.63, 3.8) is 0 Å². The smallest absolute Gasteiger partial charge is 0.186 e. The molecule has 0 rings (SSSR count). The molecule has 0 aromatic rings. The van der Waals surface area contributed by atoms with E-state index in [1.54, 1.807) is 0 Å². The second-order valence-corrected chi connectivity index (χ2v) is 8.33. The van der Waals surface area contributed by atoms with Gasteiger partial charge >= 0.3 is 0 Å². The Morgan fingerprint density at radius 1 is 1.43 bits per heavy atom. The molecular weight excluding hydrogens is 196 g/mol. The number of hydrogen-bond donors (Lipinski definition) is 1. The van der Waals surface area contributed by atoms with Gasteiger partial charge in [-0.25, -0.2) is 0 Å². The van der Waals surface area contributed by atoms with Gasteiger partial charge in [0, 0.05) is 13.2 Å². The summed E-state index contributed by atoms with van der Waals surface area (Å²) in [4.78, 5) is 0. The maximum Gasteiger partial charge on any atom is 0.186 e. The Labute approximate surface area is 88.5 Å². The highest BCUT2D eigenvalue weighted by Crippen LogP contribution is 2.13. The van der Waals surface area contributed by atoms with E-state index in [1.165, 1.54) is 0 Å². The molecule has 0 amide bonds. The first kappa shape index (κ1) is 14.1. The summed E-state index contributed by atoms with van der Waals surface area (Å²) in [7, 11) is -1.44. The standard InChI is InChI=1S/C10H23O3Si/c1-5-13-14(3,4)8-6-7-12-9-10(2)11/h10-11H,2,5-9H2,1,3-4H3. The van der Waals surface area contributed by atoms with Gasteiger partial charge in [-0.05, 0) is 39.4 Å². The summed E-state index contributed by atoms with van der Waals surface area (Å²) in [6.45, 7) is 11.7. The molecule has 0 saturated carbocycles. The van der Waals surface area contributed by atoms with Gasteiger partial charge in [0.25, 0.3) is 0 Å². The average molecular weight is 219 g/mol. The van der Waals surface area contributed by atoms with Crippen molar-refractivity contribution in [3.05, 3.63) is 6.92 Å². The summed E-state index contributed by atoms with van der Waals surface area (Å²) in [5.41, 5.74) is 0. The van der Waals surface area contributed by atoms with Crippen molar-refractivity contribution in [2.24, 2.45) is 0 Å². The molecule has 1 atom stereocenters. The van der Waals surface area contributed by atoms with Gasteiger partial charge in [-0.2, -0.15) is 0 Å². The van der Waals surface area contributed by atoms with Crippen LogP contribution >= 0.6 is 0 Å².